The summed E-state index contributed by atoms with van der Waals surface area (Å²) in [5.74, 6) is 1.27. The number of nitrogens with zero attached hydrogens (tertiary/aromatic N) is 3. The highest BCUT2D eigenvalue weighted by Crippen LogP contribution is 2.16. The molecule has 16 heavy (non-hydrogen) atoms. The Labute approximate surface area is 97.3 Å². The van der Waals surface area contributed by atoms with Gasteiger partial charge in [-0.25, -0.2) is 9.97 Å². The molecule has 0 spiro atoms. The van der Waals surface area contributed by atoms with Crippen molar-refractivity contribution in [2.75, 3.05) is 11.9 Å². The van der Waals surface area contributed by atoms with Crippen LogP contribution in [0.3, 0.4) is 0 Å². The van der Waals surface area contributed by atoms with Crippen LogP contribution in [0.2, 0.25) is 0 Å². The third-order valence-electron chi connectivity index (χ3n) is 3.13. The zero-order chi connectivity index (χ0) is 12.3. The smallest absolute Gasteiger partial charge is 0.225 e. The Hall–Kier alpha value is -1.16. The molecular weight excluding hydrogens is 202 g/mol. The summed E-state index contributed by atoms with van der Waals surface area (Å²) in [6, 6.07) is 0.388. The molecule has 0 saturated heterocycles. The van der Waals surface area contributed by atoms with Crippen molar-refractivity contribution in [1.82, 2.24) is 9.97 Å². The van der Waals surface area contributed by atoms with Gasteiger partial charge in [0.1, 0.15) is 0 Å². The molecule has 4 nitrogen and oxygen atoms in total. The largest absolute Gasteiger partial charge is 0.392 e. The van der Waals surface area contributed by atoms with Gasteiger partial charge in [-0.05, 0) is 19.8 Å². The number of aliphatic hydroxyl groups is 1. The van der Waals surface area contributed by atoms with Gasteiger partial charge in [-0.2, -0.15) is 0 Å². The summed E-state index contributed by atoms with van der Waals surface area (Å²) in [7, 11) is 2.00. The standard InChI is InChI=1S/C12H21N3O/c1-8(2)10(4)15(5)12-13-6-11(7-16)9(3)14-12/h6,8,10,16H,7H2,1-5H3. The molecule has 0 fully saturated rings. The third kappa shape index (κ3) is 2.70. The molecule has 1 aromatic heterocycles. The van der Waals surface area contributed by atoms with Crippen LogP contribution in [0.5, 0.6) is 0 Å². The zero-order valence-electron chi connectivity index (χ0n) is 10.7. The average molecular weight is 223 g/mol. The van der Waals surface area contributed by atoms with Crippen molar-refractivity contribution in [3.05, 3.63) is 17.5 Å². The fourth-order valence-electron chi connectivity index (χ4n) is 1.43. The molecule has 0 bridgehead atoms. The molecule has 1 aromatic rings. The fraction of sp³-hybridized carbons (Fsp3) is 0.667. The SMILES string of the molecule is Cc1nc(N(C)C(C)C(C)C)ncc1CO. The minimum atomic E-state index is -0.00440. The quantitative estimate of drug-likeness (QED) is 0.845. The van der Waals surface area contributed by atoms with Crippen LogP contribution < -0.4 is 4.90 Å². The van der Waals surface area contributed by atoms with E-state index >= 15 is 0 Å². The average Bonchev–Trinajstić information content (AvgIpc) is 2.26. The zero-order valence-corrected chi connectivity index (χ0v) is 10.7. The van der Waals surface area contributed by atoms with E-state index in [1.165, 1.54) is 0 Å². The van der Waals surface area contributed by atoms with E-state index in [1.807, 2.05) is 14.0 Å². The van der Waals surface area contributed by atoms with Crippen LogP contribution in [0, 0.1) is 12.8 Å². The maximum Gasteiger partial charge on any atom is 0.225 e. The molecule has 0 aliphatic carbocycles. The second-order valence-electron chi connectivity index (χ2n) is 4.53. The molecule has 1 heterocycles. The summed E-state index contributed by atoms with van der Waals surface area (Å²) in [5, 5.41) is 9.05. The Morgan fingerprint density at radius 2 is 2.00 bits per heavy atom. The van der Waals surface area contributed by atoms with Crippen LogP contribution >= 0.6 is 0 Å². The molecule has 0 aromatic carbocycles. The van der Waals surface area contributed by atoms with Crippen LogP contribution in [-0.4, -0.2) is 28.2 Å². The summed E-state index contributed by atoms with van der Waals surface area (Å²) in [4.78, 5) is 10.7. The number of aliphatic hydroxyl groups excluding tert-OH is 1. The molecule has 0 aliphatic heterocycles. The Morgan fingerprint density at radius 3 is 2.44 bits per heavy atom. The summed E-state index contributed by atoms with van der Waals surface area (Å²) < 4.78 is 0. The lowest BCUT2D eigenvalue weighted by atomic mass is 10.1. The maximum absolute atomic E-state index is 9.05. The molecular formula is C12H21N3O. The van der Waals surface area contributed by atoms with E-state index in [9.17, 15) is 0 Å². The van der Waals surface area contributed by atoms with E-state index in [1.54, 1.807) is 6.20 Å². The van der Waals surface area contributed by atoms with E-state index in [4.69, 9.17) is 5.11 Å². The van der Waals surface area contributed by atoms with E-state index in [0.29, 0.717) is 12.0 Å². The number of aromatic nitrogens is 2. The Bertz CT molecular complexity index is 352. The van der Waals surface area contributed by atoms with Gasteiger partial charge in [0.25, 0.3) is 0 Å². The van der Waals surface area contributed by atoms with Crippen molar-refractivity contribution >= 4 is 5.95 Å². The van der Waals surface area contributed by atoms with Crippen molar-refractivity contribution < 1.29 is 5.11 Å². The van der Waals surface area contributed by atoms with E-state index in [0.717, 1.165) is 17.2 Å². The van der Waals surface area contributed by atoms with Gasteiger partial charge in [-0.15, -0.1) is 0 Å². The highest BCUT2D eigenvalue weighted by Gasteiger charge is 2.16. The molecule has 0 saturated carbocycles. The Balaban J connectivity index is 2.92. The van der Waals surface area contributed by atoms with Gasteiger partial charge < -0.3 is 10.0 Å². The number of aryl methyl sites for hydroxylation is 1. The first kappa shape index (κ1) is 12.9. The van der Waals surface area contributed by atoms with Gasteiger partial charge in [-0.1, -0.05) is 13.8 Å². The van der Waals surface area contributed by atoms with Gasteiger partial charge in [0.2, 0.25) is 5.95 Å². The lowest BCUT2D eigenvalue weighted by molar-refractivity contribution is 0.280. The summed E-state index contributed by atoms with van der Waals surface area (Å²) >= 11 is 0. The summed E-state index contributed by atoms with van der Waals surface area (Å²) in [5.41, 5.74) is 1.63. The first-order chi connectivity index (χ1) is 7.47. The summed E-state index contributed by atoms with van der Waals surface area (Å²) in [6.07, 6.45) is 1.70. The van der Waals surface area contributed by atoms with Crippen molar-refractivity contribution in [3.63, 3.8) is 0 Å². The minimum Gasteiger partial charge on any atom is -0.392 e. The number of anilines is 1. The van der Waals surface area contributed by atoms with Gasteiger partial charge in [-0.3, -0.25) is 0 Å². The van der Waals surface area contributed by atoms with Crippen LogP contribution in [0.25, 0.3) is 0 Å². The van der Waals surface area contributed by atoms with Crippen molar-refractivity contribution in [2.24, 2.45) is 5.92 Å². The van der Waals surface area contributed by atoms with E-state index < -0.39 is 0 Å². The topological polar surface area (TPSA) is 49.2 Å². The molecule has 90 valence electrons. The normalized spacial score (nSPS) is 12.9. The van der Waals surface area contributed by atoms with Crippen molar-refractivity contribution in [2.45, 2.75) is 40.3 Å². The molecule has 1 rings (SSSR count). The molecule has 1 unspecified atom stereocenters. The van der Waals surface area contributed by atoms with Gasteiger partial charge in [0.05, 0.1) is 6.61 Å². The summed E-state index contributed by atoms with van der Waals surface area (Å²) in [6.45, 7) is 8.40. The van der Waals surface area contributed by atoms with Crippen molar-refractivity contribution in [1.29, 1.82) is 0 Å². The molecule has 4 heteroatoms. The fourth-order valence-corrected chi connectivity index (χ4v) is 1.43. The Morgan fingerprint density at radius 1 is 1.38 bits per heavy atom. The minimum absolute atomic E-state index is 0.00440. The van der Waals surface area contributed by atoms with Crippen LogP contribution in [0.1, 0.15) is 32.0 Å². The van der Waals surface area contributed by atoms with Crippen molar-refractivity contribution in [3.8, 4) is 0 Å². The lowest BCUT2D eigenvalue weighted by Gasteiger charge is -2.28. The predicted octanol–water partition coefficient (Wildman–Crippen LogP) is 1.76. The van der Waals surface area contributed by atoms with Gasteiger partial charge in [0.15, 0.2) is 0 Å². The first-order valence-electron chi connectivity index (χ1n) is 5.63. The maximum atomic E-state index is 9.05. The Kier molecular flexibility index (Phi) is 4.24. The monoisotopic (exact) mass is 223 g/mol. The number of rotatable bonds is 4. The predicted molar refractivity (Wildman–Crippen MR) is 65.4 cm³/mol. The molecule has 0 aliphatic rings. The molecule has 1 atom stereocenters. The second kappa shape index (κ2) is 5.25. The van der Waals surface area contributed by atoms with Crippen LogP contribution in [0.15, 0.2) is 6.20 Å². The van der Waals surface area contributed by atoms with E-state index in [-0.39, 0.29) is 6.61 Å². The second-order valence-corrected chi connectivity index (χ2v) is 4.53. The van der Waals surface area contributed by atoms with Crippen LogP contribution in [-0.2, 0) is 6.61 Å². The number of hydrogen-bond acceptors (Lipinski definition) is 4. The number of hydrogen-bond donors (Lipinski definition) is 1. The van der Waals surface area contributed by atoms with Gasteiger partial charge in [0, 0.05) is 30.5 Å². The van der Waals surface area contributed by atoms with Crippen LogP contribution in [0.4, 0.5) is 5.95 Å². The first-order valence-corrected chi connectivity index (χ1v) is 5.63. The van der Waals surface area contributed by atoms with Gasteiger partial charge >= 0.3 is 0 Å². The highest BCUT2D eigenvalue weighted by atomic mass is 16.3. The lowest BCUT2D eigenvalue weighted by Crippen LogP contribution is -2.34. The molecule has 0 radical (unpaired) electrons. The highest BCUT2D eigenvalue weighted by molar-refractivity contribution is 5.33. The third-order valence-corrected chi connectivity index (χ3v) is 3.13. The molecule has 1 N–H and O–H groups in total. The van der Waals surface area contributed by atoms with E-state index in [2.05, 4.69) is 35.6 Å². The molecule has 0 amide bonds.